The van der Waals surface area contributed by atoms with Gasteiger partial charge in [0.2, 0.25) is 5.91 Å². The van der Waals surface area contributed by atoms with Crippen molar-refractivity contribution < 1.29 is 9.18 Å². The van der Waals surface area contributed by atoms with Crippen LogP contribution in [0, 0.1) is 11.7 Å². The third-order valence-corrected chi connectivity index (χ3v) is 4.83. The molecule has 2 saturated heterocycles. The Balaban J connectivity index is 1.49. The quantitative estimate of drug-likeness (QED) is 0.927. The van der Waals surface area contributed by atoms with E-state index in [9.17, 15) is 9.18 Å². The van der Waals surface area contributed by atoms with Crippen molar-refractivity contribution in [3.63, 3.8) is 0 Å². The number of halogens is 1. The molecule has 1 N–H and O–H groups in total. The van der Waals surface area contributed by atoms with Gasteiger partial charge in [0.15, 0.2) is 0 Å². The first-order chi connectivity index (χ1) is 10.2. The van der Waals surface area contributed by atoms with Crippen molar-refractivity contribution in [3.05, 3.63) is 35.6 Å². The van der Waals surface area contributed by atoms with Crippen LogP contribution < -0.4 is 5.32 Å². The van der Waals surface area contributed by atoms with Gasteiger partial charge in [-0.3, -0.25) is 4.79 Å². The molecule has 0 radical (unpaired) electrons. The van der Waals surface area contributed by atoms with E-state index >= 15 is 0 Å². The molecule has 0 bridgehead atoms. The number of piperidine rings is 1. The standard InChI is InChI=1S/C17H23FN2O/c18-15-5-3-13(4-6-15)12-17(21)20-10-7-14(8-11-20)16-2-1-9-19-16/h3-6,14,16,19H,1-2,7-12H2. The molecule has 3 rings (SSSR count). The van der Waals surface area contributed by atoms with Crippen molar-refractivity contribution in [3.8, 4) is 0 Å². The van der Waals surface area contributed by atoms with E-state index < -0.39 is 0 Å². The summed E-state index contributed by atoms with van der Waals surface area (Å²) in [7, 11) is 0. The monoisotopic (exact) mass is 290 g/mol. The molecular formula is C17H23FN2O. The van der Waals surface area contributed by atoms with Crippen LogP contribution in [0.3, 0.4) is 0 Å². The molecule has 1 atom stereocenters. The Kier molecular flexibility index (Phi) is 4.54. The number of hydrogen-bond acceptors (Lipinski definition) is 2. The molecule has 1 unspecified atom stereocenters. The maximum absolute atomic E-state index is 12.9. The molecule has 1 amide bonds. The lowest BCUT2D eigenvalue weighted by atomic mass is 9.88. The lowest BCUT2D eigenvalue weighted by Gasteiger charge is -2.35. The summed E-state index contributed by atoms with van der Waals surface area (Å²) in [5, 5.41) is 3.58. The number of carbonyl (C=O) groups excluding carboxylic acids is 1. The van der Waals surface area contributed by atoms with Crippen LogP contribution in [-0.2, 0) is 11.2 Å². The topological polar surface area (TPSA) is 32.3 Å². The van der Waals surface area contributed by atoms with E-state index in [-0.39, 0.29) is 11.7 Å². The zero-order valence-electron chi connectivity index (χ0n) is 12.4. The van der Waals surface area contributed by atoms with Crippen molar-refractivity contribution in [1.29, 1.82) is 0 Å². The molecule has 1 aromatic carbocycles. The summed E-state index contributed by atoms with van der Waals surface area (Å²) >= 11 is 0. The van der Waals surface area contributed by atoms with Gasteiger partial charge in [-0.05, 0) is 55.8 Å². The Hall–Kier alpha value is -1.42. The first-order valence-electron chi connectivity index (χ1n) is 7.98. The summed E-state index contributed by atoms with van der Waals surface area (Å²) in [4.78, 5) is 14.3. The van der Waals surface area contributed by atoms with Crippen LogP contribution in [0.2, 0.25) is 0 Å². The molecule has 0 aromatic heterocycles. The fourth-order valence-corrected chi connectivity index (χ4v) is 3.55. The molecular weight excluding hydrogens is 267 g/mol. The number of nitrogens with one attached hydrogen (secondary N) is 1. The summed E-state index contributed by atoms with van der Waals surface area (Å²) in [5.41, 5.74) is 0.890. The van der Waals surface area contributed by atoms with Crippen LogP contribution in [0.1, 0.15) is 31.2 Å². The molecule has 2 aliphatic heterocycles. The lowest BCUT2D eigenvalue weighted by Crippen LogP contribution is -2.43. The molecule has 0 spiro atoms. The second kappa shape index (κ2) is 6.56. The molecule has 0 aliphatic carbocycles. The zero-order valence-corrected chi connectivity index (χ0v) is 12.4. The fourth-order valence-electron chi connectivity index (χ4n) is 3.55. The van der Waals surface area contributed by atoms with Gasteiger partial charge in [-0.1, -0.05) is 12.1 Å². The van der Waals surface area contributed by atoms with Crippen LogP contribution in [0.5, 0.6) is 0 Å². The molecule has 2 aliphatic rings. The third kappa shape index (κ3) is 3.62. The van der Waals surface area contributed by atoms with Crippen LogP contribution in [0.4, 0.5) is 4.39 Å². The highest BCUT2D eigenvalue weighted by Crippen LogP contribution is 2.25. The molecule has 114 valence electrons. The van der Waals surface area contributed by atoms with Gasteiger partial charge in [-0.15, -0.1) is 0 Å². The summed E-state index contributed by atoms with van der Waals surface area (Å²) in [6.45, 7) is 2.88. The van der Waals surface area contributed by atoms with Crippen LogP contribution in [0.25, 0.3) is 0 Å². The number of likely N-dealkylation sites (tertiary alicyclic amines) is 1. The molecule has 0 saturated carbocycles. The molecule has 3 nitrogen and oxygen atoms in total. The fraction of sp³-hybridized carbons (Fsp3) is 0.588. The SMILES string of the molecule is O=C(Cc1ccc(F)cc1)N1CCC(C2CCCN2)CC1. The van der Waals surface area contributed by atoms with Crippen molar-refractivity contribution in [2.45, 2.75) is 38.1 Å². The second-order valence-electron chi connectivity index (χ2n) is 6.22. The second-order valence-corrected chi connectivity index (χ2v) is 6.22. The summed E-state index contributed by atoms with van der Waals surface area (Å²) in [6, 6.07) is 6.89. The normalized spacial score (nSPS) is 23.5. The number of nitrogens with zero attached hydrogens (tertiary/aromatic N) is 1. The van der Waals surface area contributed by atoms with Gasteiger partial charge in [0, 0.05) is 19.1 Å². The average Bonchev–Trinajstić information content (AvgIpc) is 3.04. The van der Waals surface area contributed by atoms with Gasteiger partial charge >= 0.3 is 0 Å². The maximum Gasteiger partial charge on any atom is 0.226 e. The number of amides is 1. The van der Waals surface area contributed by atoms with E-state index in [2.05, 4.69) is 5.32 Å². The van der Waals surface area contributed by atoms with Crippen LogP contribution in [-0.4, -0.2) is 36.5 Å². The number of hydrogen-bond donors (Lipinski definition) is 1. The van der Waals surface area contributed by atoms with Crippen molar-refractivity contribution in [1.82, 2.24) is 10.2 Å². The largest absolute Gasteiger partial charge is 0.342 e. The van der Waals surface area contributed by atoms with Gasteiger partial charge < -0.3 is 10.2 Å². The van der Waals surface area contributed by atoms with Gasteiger partial charge in [0.25, 0.3) is 0 Å². The predicted octanol–water partition coefficient (Wildman–Crippen LogP) is 2.36. The van der Waals surface area contributed by atoms with Crippen molar-refractivity contribution >= 4 is 5.91 Å². The minimum atomic E-state index is -0.254. The Morgan fingerprint density at radius 2 is 1.90 bits per heavy atom. The number of rotatable bonds is 3. The third-order valence-electron chi connectivity index (χ3n) is 4.83. The summed E-state index contributed by atoms with van der Waals surface area (Å²) in [5.74, 6) is 0.637. The number of carbonyl (C=O) groups is 1. The first-order valence-corrected chi connectivity index (χ1v) is 7.98. The molecule has 4 heteroatoms. The first kappa shape index (κ1) is 14.5. The van der Waals surface area contributed by atoms with Gasteiger partial charge in [0.05, 0.1) is 6.42 Å². The van der Waals surface area contributed by atoms with Gasteiger partial charge in [0.1, 0.15) is 5.82 Å². The Bertz CT molecular complexity index is 474. The van der Waals surface area contributed by atoms with E-state index in [0.717, 1.165) is 44.0 Å². The predicted molar refractivity (Wildman–Crippen MR) is 80.4 cm³/mol. The van der Waals surface area contributed by atoms with Crippen molar-refractivity contribution in [2.24, 2.45) is 5.92 Å². The molecule has 2 heterocycles. The van der Waals surface area contributed by atoms with E-state index in [0.29, 0.717) is 12.5 Å². The molecule has 1 aromatic rings. The smallest absolute Gasteiger partial charge is 0.226 e. The summed E-state index contributed by atoms with van der Waals surface area (Å²) in [6.07, 6.45) is 5.16. The van der Waals surface area contributed by atoms with Crippen LogP contribution >= 0.6 is 0 Å². The summed E-state index contributed by atoms with van der Waals surface area (Å²) < 4.78 is 12.9. The lowest BCUT2D eigenvalue weighted by molar-refractivity contribution is -0.132. The van der Waals surface area contributed by atoms with Gasteiger partial charge in [-0.25, -0.2) is 4.39 Å². The minimum absolute atomic E-state index is 0.166. The van der Waals surface area contributed by atoms with E-state index in [1.165, 1.54) is 25.0 Å². The highest BCUT2D eigenvalue weighted by Gasteiger charge is 2.29. The number of benzene rings is 1. The van der Waals surface area contributed by atoms with E-state index in [1.54, 1.807) is 12.1 Å². The highest BCUT2D eigenvalue weighted by molar-refractivity contribution is 5.78. The van der Waals surface area contributed by atoms with E-state index in [4.69, 9.17) is 0 Å². The van der Waals surface area contributed by atoms with Crippen LogP contribution in [0.15, 0.2) is 24.3 Å². The molecule has 21 heavy (non-hydrogen) atoms. The Labute approximate surface area is 125 Å². The Morgan fingerprint density at radius 1 is 1.19 bits per heavy atom. The van der Waals surface area contributed by atoms with Crippen molar-refractivity contribution in [2.75, 3.05) is 19.6 Å². The van der Waals surface area contributed by atoms with Gasteiger partial charge in [-0.2, -0.15) is 0 Å². The molecule has 2 fully saturated rings. The maximum atomic E-state index is 12.9. The minimum Gasteiger partial charge on any atom is -0.342 e. The van der Waals surface area contributed by atoms with E-state index in [1.807, 2.05) is 4.90 Å². The average molecular weight is 290 g/mol. The Morgan fingerprint density at radius 3 is 2.52 bits per heavy atom. The highest BCUT2D eigenvalue weighted by atomic mass is 19.1. The zero-order chi connectivity index (χ0) is 14.7.